The zero-order chi connectivity index (χ0) is 16.8. The summed E-state index contributed by atoms with van der Waals surface area (Å²) in [5, 5.41) is 11.1. The predicted molar refractivity (Wildman–Crippen MR) is 83.3 cm³/mol. The van der Waals surface area contributed by atoms with Gasteiger partial charge in [-0.3, -0.25) is 9.89 Å². The van der Waals surface area contributed by atoms with E-state index in [0.29, 0.717) is 36.3 Å². The highest BCUT2D eigenvalue weighted by molar-refractivity contribution is 5.93. The number of nitrogens with zero attached hydrogens (tertiary/aromatic N) is 4. The summed E-state index contributed by atoms with van der Waals surface area (Å²) in [5.74, 6) is 1.48. The first-order valence-corrected chi connectivity index (χ1v) is 8.33. The van der Waals surface area contributed by atoms with Crippen molar-refractivity contribution >= 4 is 5.91 Å². The number of ether oxygens (including phenoxy) is 1. The summed E-state index contributed by atoms with van der Waals surface area (Å²) in [6.45, 7) is 4.27. The van der Waals surface area contributed by atoms with Crippen molar-refractivity contribution in [1.82, 2.24) is 25.2 Å². The van der Waals surface area contributed by atoms with Crippen LogP contribution >= 0.6 is 0 Å². The predicted octanol–water partition coefficient (Wildman–Crippen LogP) is 1.96. The van der Waals surface area contributed by atoms with Gasteiger partial charge in [-0.15, -0.1) is 0 Å². The number of aromatic nitrogens is 4. The molecule has 0 bridgehead atoms. The quantitative estimate of drug-likeness (QED) is 0.920. The normalized spacial score (nSPS) is 23.1. The van der Waals surface area contributed by atoms with Crippen molar-refractivity contribution in [3.63, 3.8) is 0 Å². The molecule has 3 heterocycles. The number of H-pyrrole nitrogens is 1. The molecule has 1 N–H and O–H groups in total. The van der Waals surface area contributed by atoms with Crippen LogP contribution < -0.4 is 0 Å². The van der Waals surface area contributed by atoms with Gasteiger partial charge in [0.25, 0.3) is 5.91 Å². The van der Waals surface area contributed by atoms with Crippen molar-refractivity contribution in [2.45, 2.75) is 57.8 Å². The molecule has 8 heteroatoms. The fourth-order valence-corrected chi connectivity index (χ4v) is 3.14. The minimum absolute atomic E-state index is 0.0697. The van der Waals surface area contributed by atoms with Gasteiger partial charge < -0.3 is 14.2 Å². The van der Waals surface area contributed by atoms with Crippen LogP contribution in [0.3, 0.4) is 0 Å². The standard InChI is InChI=1S/C16H21N5O3/c1-8-6-11-13(9(2)23-8)18-19-14(11)16(22)21(3)7-12-17-15(24-20-12)10-4-5-10/h8-10H,4-7H2,1-3H3,(H,18,19)/t8-,9+/m1/s1. The third kappa shape index (κ3) is 2.71. The lowest BCUT2D eigenvalue weighted by Crippen LogP contribution is -2.29. The lowest BCUT2D eigenvalue weighted by Gasteiger charge is -2.25. The van der Waals surface area contributed by atoms with Crippen molar-refractivity contribution < 1.29 is 14.1 Å². The topological polar surface area (TPSA) is 97.1 Å². The number of carbonyl (C=O) groups is 1. The van der Waals surface area contributed by atoms with Crippen LogP contribution in [0.25, 0.3) is 0 Å². The van der Waals surface area contributed by atoms with E-state index in [4.69, 9.17) is 9.26 Å². The van der Waals surface area contributed by atoms with Crippen LogP contribution in [0.2, 0.25) is 0 Å². The molecule has 1 aliphatic heterocycles. The molecule has 0 aromatic carbocycles. The van der Waals surface area contributed by atoms with Crippen LogP contribution in [0.15, 0.2) is 4.52 Å². The maximum atomic E-state index is 12.8. The van der Waals surface area contributed by atoms with Gasteiger partial charge in [0.05, 0.1) is 24.4 Å². The Kier molecular flexibility index (Phi) is 3.64. The molecule has 0 saturated heterocycles. The molecular formula is C16H21N5O3. The van der Waals surface area contributed by atoms with E-state index >= 15 is 0 Å². The van der Waals surface area contributed by atoms with Gasteiger partial charge in [-0.25, -0.2) is 0 Å². The van der Waals surface area contributed by atoms with Gasteiger partial charge in [-0.1, -0.05) is 5.16 Å². The Labute approximate surface area is 139 Å². The Hall–Kier alpha value is -2.22. The van der Waals surface area contributed by atoms with Crippen molar-refractivity contribution in [1.29, 1.82) is 0 Å². The number of rotatable bonds is 4. The summed E-state index contributed by atoms with van der Waals surface area (Å²) in [5.41, 5.74) is 2.30. The second-order valence-corrected chi connectivity index (χ2v) is 6.74. The molecule has 2 aromatic heterocycles. The van der Waals surface area contributed by atoms with E-state index in [9.17, 15) is 4.79 Å². The van der Waals surface area contributed by atoms with E-state index < -0.39 is 0 Å². The van der Waals surface area contributed by atoms with E-state index in [-0.39, 0.29) is 18.1 Å². The van der Waals surface area contributed by atoms with Crippen LogP contribution in [-0.4, -0.2) is 44.3 Å². The molecule has 24 heavy (non-hydrogen) atoms. The lowest BCUT2D eigenvalue weighted by molar-refractivity contribution is -0.00701. The molecule has 2 atom stereocenters. The van der Waals surface area contributed by atoms with Gasteiger partial charge in [0.2, 0.25) is 5.89 Å². The molecule has 4 rings (SSSR count). The molecule has 2 aromatic rings. The van der Waals surface area contributed by atoms with Gasteiger partial charge in [0.15, 0.2) is 11.5 Å². The average molecular weight is 331 g/mol. The third-order valence-electron chi connectivity index (χ3n) is 4.57. The van der Waals surface area contributed by atoms with Gasteiger partial charge >= 0.3 is 0 Å². The fourth-order valence-electron chi connectivity index (χ4n) is 3.14. The summed E-state index contributed by atoms with van der Waals surface area (Å²) in [4.78, 5) is 18.7. The molecule has 0 unspecified atom stereocenters. The second-order valence-electron chi connectivity index (χ2n) is 6.74. The summed E-state index contributed by atoms with van der Waals surface area (Å²) >= 11 is 0. The van der Waals surface area contributed by atoms with E-state index in [1.807, 2.05) is 13.8 Å². The maximum Gasteiger partial charge on any atom is 0.274 e. The Balaban J connectivity index is 1.50. The van der Waals surface area contributed by atoms with E-state index in [1.165, 1.54) is 0 Å². The Bertz CT molecular complexity index is 764. The number of nitrogens with one attached hydrogen (secondary N) is 1. The zero-order valence-corrected chi connectivity index (χ0v) is 14.1. The van der Waals surface area contributed by atoms with E-state index in [0.717, 1.165) is 24.1 Å². The lowest BCUT2D eigenvalue weighted by atomic mass is 9.99. The van der Waals surface area contributed by atoms with Crippen molar-refractivity contribution in [3.05, 3.63) is 28.7 Å². The monoisotopic (exact) mass is 331 g/mol. The number of carbonyl (C=O) groups excluding carboxylic acids is 1. The van der Waals surface area contributed by atoms with Crippen LogP contribution in [0.1, 0.15) is 72.2 Å². The van der Waals surface area contributed by atoms with Crippen LogP contribution in [0.4, 0.5) is 0 Å². The number of amides is 1. The minimum atomic E-state index is -0.147. The zero-order valence-electron chi connectivity index (χ0n) is 14.1. The Morgan fingerprint density at radius 2 is 2.17 bits per heavy atom. The fraction of sp³-hybridized carbons (Fsp3) is 0.625. The first-order chi connectivity index (χ1) is 11.5. The van der Waals surface area contributed by atoms with Crippen molar-refractivity contribution in [2.24, 2.45) is 0 Å². The highest BCUT2D eigenvalue weighted by Crippen LogP contribution is 2.38. The number of aromatic amines is 1. The summed E-state index contributed by atoms with van der Waals surface area (Å²) < 4.78 is 11.0. The minimum Gasteiger partial charge on any atom is -0.369 e. The molecule has 0 spiro atoms. The van der Waals surface area contributed by atoms with Crippen molar-refractivity contribution in [3.8, 4) is 0 Å². The molecule has 1 aliphatic carbocycles. The van der Waals surface area contributed by atoms with Gasteiger partial charge in [0, 0.05) is 24.9 Å². The number of fused-ring (bicyclic) bond motifs is 1. The van der Waals surface area contributed by atoms with Crippen LogP contribution in [0.5, 0.6) is 0 Å². The molecule has 1 saturated carbocycles. The highest BCUT2D eigenvalue weighted by Gasteiger charge is 2.32. The molecule has 2 aliphatic rings. The molecular weight excluding hydrogens is 310 g/mol. The Morgan fingerprint density at radius 1 is 1.38 bits per heavy atom. The van der Waals surface area contributed by atoms with E-state index in [2.05, 4.69) is 20.3 Å². The summed E-state index contributed by atoms with van der Waals surface area (Å²) in [6.07, 6.45) is 2.88. The van der Waals surface area contributed by atoms with E-state index in [1.54, 1.807) is 11.9 Å². The van der Waals surface area contributed by atoms with Crippen molar-refractivity contribution in [2.75, 3.05) is 7.05 Å². The summed E-state index contributed by atoms with van der Waals surface area (Å²) in [6, 6.07) is 0. The van der Waals surface area contributed by atoms with Gasteiger partial charge in [-0.05, 0) is 26.7 Å². The largest absolute Gasteiger partial charge is 0.369 e. The first kappa shape index (κ1) is 15.3. The maximum absolute atomic E-state index is 12.8. The average Bonchev–Trinajstić information content (AvgIpc) is 3.14. The second kappa shape index (κ2) is 5.70. The smallest absolute Gasteiger partial charge is 0.274 e. The molecule has 1 fully saturated rings. The molecule has 128 valence electrons. The molecule has 8 nitrogen and oxygen atoms in total. The molecule has 0 radical (unpaired) electrons. The first-order valence-electron chi connectivity index (χ1n) is 8.33. The van der Waals surface area contributed by atoms with Gasteiger partial charge in [-0.2, -0.15) is 10.1 Å². The third-order valence-corrected chi connectivity index (χ3v) is 4.57. The summed E-state index contributed by atoms with van der Waals surface area (Å²) in [7, 11) is 1.72. The van der Waals surface area contributed by atoms with Gasteiger partial charge in [0.1, 0.15) is 0 Å². The number of hydrogen-bond acceptors (Lipinski definition) is 6. The SMILES string of the molecule is C[C@@H]1Cc2c(C(=O)N(C)Cc3noc(C4CC4)n3)n[nH]c2[C@H](C)O1. The highest BCUT2D eigenvalue weighted by atomic mass is 16.5. The molecule has 1 amide bonds. The Morgan fingerprint density at radius 3 is 2.92 bits per heavy atom. The van der Waals surface area contributed by atoms with Crippen LogP contribution in [0, 0.1) is 0 Å². The van der Waals surface area contributed by atoms with Crippen LogP contribution in [-0.2, 0) is 17.7 Å². The number of hydrogen-bond donors (Lipinski definition) is 1.